The minimum atomic E-state index is -0.233. The summed E-state index contributed by atoms with van der Waals surface area (Å²) in [6.07, 6.45) is 0.545. The van der Waals surface area contributed by atoms with Crippen LogP contribution in [0, 0.1) is 27.1 Å². The Balaban J connectivity index is -0.0000000843. The molecule has 0 saturated heterocycles. The van der Waals surface area contributed by atoms with Crippen molar-refractivity contribution >= 4 is 29.1 Å². The number of Topliss-reactive ketones (excluding diaryl/α,β-unsaturated/α-hetero) is 1. The maximum Gasteiger partial charge on any atom is 0.227 e. The Morgan fingerprint density at radius 2 is 0.979 bits per heavy atom. The van der Waals surface area contributed by atoms with E-state index < -0.39 is 0 Å². The Morgan fingerprint density at radius 3 is 1.02 bits per heavy atom. The molecule has 0 bridgehead atoms. The molecule has 0 N–H and O–H groups in total. The molecule has 0 unspecified atom stereocenters. The van der Waals surface area contributed by atoms with Gasteiger partial charge in [0, 0.05) is 103 Å². The first-order valence-corrected chi connectivity index (χ1v) is 15.7. The van der Waals surface area contributed by atoms with Gasteiger partial charge in [0.15, 0.2) is 0 Å². The summed E-state index contributed by atoms with van der Waals surface area (Å²) in [5, 5.41) is 7.29. The Hall–Kier alpha value is -1.04. The number of hydrogen-bond donors (Lipinski definition) is 0. The predicted octanol–water partition coefficient (Wildman–Crippen LogP) is 8.42. The van der Waals surface area contributed by atoms with E-state index in [2.05, 4.69) is 74.0 Å². The van der Waals surface area contributed by atoms with Gasteiger partial charge in [0.1, 0.15) is 11.6 Å². The zero-order valence-corrected chi connectivity index (χ0v) is 38.3. The van der Waals surface area contributed by atoms with E-state index in [9.17, 15) is 14.4 Å². The van der Waals surface area contributed by atoms with Crippen molar-refractivity contribution in [3.63, 3.8) is 0 Å². The van der Waals surface area contributed by atoms with E-state index in [4.69, 9.17) is 0 Å². The van der Waals surface area contributed by atoms with Gasteiger partial charge in [-0.25, -0.2) is 0 Å². The van der Waals surface area contributed by atoms with Crippen molar-refractivity contribution in [3.05, 3.63) is 10.6 Å². The minimum Gasteiger partial charge on any atom is -0.659 e. The fraction of sp³-hybridized carbons (Fsp3) is 0.861. The number of rotatable bonds is 3. The van der Waals surface area contributed by atoms with Crippen LogP contribution in [0.5, 0.6) is 0 Å². The minimum absolute atomic E-state index is 0. The molecule has 0 aliphatic carbocycles. The standard InChI is InChI=1S/C8H18N2.C7H15NO.C7H14NO.C7H15NO.C7H15N.2Rh/c1-8(2,3)7(9-4)10(5)6;1-7(2,3)6(9)8(4)5;1-7(2,3)6(9)5-8-4;1-7(2,3)5-6(9)8-4;1-6(8-5)7(2,3)4;;/h1-6H3;1-5H3;5H2,1-4H3;5H2,1-4H3,(H,8,9);1-5H3;;/q;;-1;;;;/p-1. The smallest absolute Gasteiger partial charge is 0.227 e. The van der Waals surface area contributed by atoms with Gasteiger partial charge >= 0.3 is 0 Å². The maximum absolute atomic E-state index is 11.1. The summed E-state index contributed by atoms with van der Waals surface area (Å²) in [7, 11) is 14.4. The second kappa shape index (κ2) is 27.7. The van der Waals surface area contributed by atoms with Gasteiger partial charge in [0.25, 0.3) is 0 Å². The van der Waals surface area contributed by atoms with Crippen LogP contribution in [0.2, 0.25) is 0 Å². The quantitative estimate of drug-likeness (QED) is 0.161. The van der Waals surface area contributed by atoms with Gasteiger partial charge in [-0.05, 0) is 24.2 Å². The Labute approximate surface area is 318 Å². The van der Waals surface area contributed by atoms with Crippen LogP contribution in [0.1, 0.15) is 117 Å². The van der Waals surface area contributed by atoms with Crippen molar-refractivity contribution in [1.82, 2.24) is 9.80 Å². The van der Waals surface area contributed by atoms with E-state index in [0.29, 0.717) is 13.0 Å². The molecule has 0 fully saturated rings. The topological polar surface area (TPSA) is 111 Å². The van der Waals surface area contributed by atoms with E-state index in [-0.39, 0.29) is 83.6 Å². The summed E-state index contributed by atoms with van der Waals surface area (Å²) in [4.78, 5) is 44.7. The Morgan fingerprint density at radius 1 is 0.596 bits per heavy atom. The SMILES string of the molecule is CN(C)C(=O)C(C)(C)C.CN=C(C)C(C)(C)C.CN=C(N(C)C)C(C)(C)C.C[N-]C(=O)CC(C)(C)C.C[N-]CC(=O)C(C)(C)C.[Rh].[Rh]. The first-order chi connectivity index (χ1) is 19.7. The van der Waals surface area contributed by atoms with Crippen molar-refractivity contribution in [2.75, 3.05) is 62.9 Å². The summed E-state index contributed by atoms with van der Waals surface area (Å²) in [6.45, 7) is 32.9. The van der Waals surface area contributed by atoms with Crippen LogP contribution >= 0.6 is 0 Å². The number of aliphatic imine (C=N–C) groups is 2. The number of amides is 2. The van der Waals surface area contributed by atoms with Crippen LogP contribution in [0.25, 0.3) is 10.6 Å². The van der Waals surface area contributed by atoms with Crippen molar-refractivity contribution in [2.45, 2.75) is 117 Å². The van der Waals surface area contributed by atoms with Crippen LogP contribution in [-0.4, -0.2) is 102 Å². The maximum atomic E-state index is 11.1. The summed E-state index contributed by atoms with van der Waals surface area (Å²) in [6, 6.07) is 0. The third kappa shape index (κ3) is 41.0. The third-order valence-corrected chi connectivity index (χ3v) is 5.84. The molecule has 11 heteroatoms. The molecular weight excluding hydrogens is 770 g/mol. The Kier molecular flexibility index (Phi) is 36.1. The van der Waals surface area contributed by atoms with E-state index in [1.54, 1.807) is 26.0 Å². The summed E-state index contributed by atoms with van der Waals surface area (Å²) >= 11 is 0. The average molecular weight is 847 g/mol. The first kappa shape index (κ1) is 61.2. The van der Waals surface area contributed by atoms with Crippen molar-refractivity contribution in [2.24, 2.45) is 37.1 Å². The van der Waals surface area contributed by atoms with Crippen LogP contribution in [0.3, 0.4) is 0 Å². The molecule has 0 spiro atoms. The molecular formula is C36H76N6O3Rh2-2. The normalized spacial score (nSPS) is 11.8. The molecule has 2 amide bonds. The zero-order chi connectivity index (χ0) is 37.8. The van der Waals surface area contributed by atoms with Crippen molar-refractivity contribution < 1.29 is 53.3 Å². The number of ketones is 1. The summed E-state index contributed by atoms with van der Waals surface area (Å²) in [5.74, 6) is 1.49. The van der Waals surface area contributed by atoms with Crippen molar-refractivity contribution in [3.8, 4) is 0 Å². The predicted molar refractivity (Wildman–Crippen MR) is 200 cm³/mol. The molecule has 47 heavy (non-hydrogen) atoms. The van der Waals surface area contributed by atoms with E-state index in [0.717, 1.165) is 5.84 Å². The molecule has 0 aromatic carbocycles. The third-order valence-electron chi connectivity index (χ3n) is 5.84. The first-order valence-electron chi connectivity index (χ1n) is 15.7. The van der Waals surface area contributed by atoms with Crippen molar-refractivity contribution in [1.29, 1.82) is 0 Å². The van der Waals surface area contributed by atoms with Gasteiger partial charge in [-0.2, -0.15) is 7.05 Å². The number of amidine groups is 1. The monoisotopic (exact) mass is 846 g/mol. The molecule has 0 aliphatic heterocycles. The van der Waals surface area contributed by atoms with E-state index in [1.807, 2.05) is 90.5 Å². The molecule has 0 heterocycles. The molecule has 0 atom stereocenters. The van der Waals surface area contributed by atoms with Gasteiger partial charge < -0.3 is 30.0 Å². The van der Waals surface area contributed by atoms with Crippen LogP contribution in [0.4, 0.5) is 0 Å². The van der Waals surface area contributed by atoms with Crippen LogP contribution in [0.15, 0.2) is 9.98 Å². The molecule has 0 aromatic rings. The fourth-order valence-electron chi connectivity index (χ4n) is 3.13. The van der Waals surface area contributed by atoms with E-state index in [1.165, 1.54) is 12.8 Å². The largest absolute Gasteiger partial charge is 0.659 e. The molecule has 9 nitrogen and oxygen atoms in total. The second-order valence-corrected chi connectivity index (χ2v) is 16.7. The summed E-state index contributed by atoms with van der Waals surface area (Å²) < 4.78 is 0. The number of carbonyl (C=O) groups is 3. The number of carbonyl (C=O) groups excluding carboxylic acids is 3. The van der Waals surface area contributed by atoms with Gasteiger partial charge in [0.2, 0.25) is 5.91 Å². The van der Waals surface area contributed by atoms with Crippen LogP contribution < -0.4 is 0 Å². The molecule has 288 valence electrons. The molecule has 0 rings (SSSR count). The van der Waals surface area contributed by atoms with Gasteiger partial charge in [-0.3, -0.25) is 14.8 Å². The fourth-order valence-corrected chi connectivity index (χ4v) is 3.13. The number of nitrogens with zero attached hydrogens (tertiary/aromatic N) is 6. The molecule has 0 saturated carbocycles. The van der Waals surface area contributed by atoms with Gasteiger partial charge in [0.05, 0.1) is 5.91 Å². The summed E-state index contributed by atoms with van der Waals surface area (Å²) in [5.41, 5.74) is 1.25. The average Bonchev–Trinajstić information content (AvgIpc) is 2.81. The number of likely N-dealkylation sites (N-methyl/N-ethyl adjacent to an activating group) is 1. The molecule has 2 radical (unpaired) electrons. The second-order valence-electron chi connectivity index (χ2n) is 16.7. The zero-order valence-electron chi connectivity index (χ0n) is 35.0. The Bertz CT molecular complexity index is 896. The molecule has 0 aliphatic rings. The number of hydrogen-bond acceptors (Lipinski definition) is 5. The van der Waals surface area contributed by atoms with Crippen LogP contribution in [-0.2, 0) is 53.3 Å². The van der Waals surface area contributed by atoms with Gasteiger partial charge in [-0.1, -0.05) is 110 Å². The van der Waals surface area contributed by atoms with Gasteiger partial charge in [-0.15, -0.1) is 7.05 Å². The molecule has 0 aromatic heterocycles. The van der Waals surface area contributed by atoms with E-state index >= 15 is 0 Å².